The van der Waals surface area contributed by atoms with Crippen LogP contribution >= 0.6 is 0 Å². The Morgan fingerprint density at radius 1 is 1.00 bits per heavy atom. The number of unbranched alkanes of at least 4 members (excludes halogenated alkanes) is 1. The van der Waals surface area contributed by atoms with E-state index in [2.05, 4.69) is 6.92 Å². The van der Waals surface area contributed by atoms with Gasteiger partial charge in [-0.15, -0.1) is 0 Å². The molecule has 0 atom stereocenters. The van der Waals surface area contributed by atoms with Crippen LogP contribution in [0.2, 0.25) is 0 Å². The zero-order chi connectivity index (χ0) is 27.5. The van der Waals surface area contributed by atoms with Crippen molar-refractivity contribution >= 4 is 21.8 Å². The van der Waals surface area contributed by atoms with Gasteiger partial charge in [0.15, 0.2) is 0 Å². The van der Waals surface area contributed by atoms with E-state index in [0.717, 1.165) is 49.8 Å². The second-order valence-electron chi connectivity index (χ2n) is 10.8. The van der Waals surface area contributed by atoms with Gasteiger partial charge in [0.25, 0.3) is 0 Å². The number of nitrogens with zero attached hydrogens (tertiary/aromatic N) is 3. The third-order valence-corrected chi connectivity index (χ3v) is 9.89. The molecule has 1 heterocycles. The van der Waals surface area contributed by atoms with Crippen molar-refractivity contribution in [1.82, 2.24) is 14.1 Å². The number of hydrogen-bond donors (Lipinski definition) is 0. The first-order valence-electron chi connectivity index (χ1n) is 14.4. The predicted octanol–water partition coefficient (Wildman–Crippen LogP) is 4.44. The molecule has 0 aromatic heterocycles. The minimum Gasteiger partial charge on any atom is -0.497 e. The van der Waals surface area contributed by atoms with Crippen LogP contribution in [-0.4, -0.2) is 79.4 Å². The zero-order valence-electron chi connectivity index (χ0n) is 23.6. The quantitative estimate of drug-likeness (QED) is 0.363. The van der Waals surface area contributed by atoms with Crippen LogP contribution < -0.4 is 4.74 Å². The van der Waals surface area contributed by atoms with Crippen LogP contribution in [0.1, 0.15) is 83.6 Å². The first kappa shape index (κ1) is 30.4. The Hall–Kier alpha value is -2.13. The fraction of sp³-hybridized carbons (Fsp3) is 0.724. The molecule has 1 aliphatic carbocycles. The number of likely N-dealkylation sites (tertiary alicyclic amines) is 1. The van der Waals surface area contributed by atoms with E-state index in [1.54, 1.807) is 14.0 Å². The monoisotopic (exact) mass is 549 g/mol. The summed E-state index contributed by atoms with van der Waals surface area (Å²) >= 11 is 0. The van der Waals surface area contributed by atoms with Gasteiger partial charge in [0.2, 0.25) is 21.8 Å². The second-order valence-corrected chi connectivity index (χ2v) is 13.0. The highest BCUT2D eigenvalue weighted by molar-refractivity contribution is 7.89. The molecule has 0 radical (unpaired) electrons. The maximum atomic E-state index is 13.9. The number of methoxy groups -OCH3 is 1. The van der Waals surface area contributed by atoms with Crippen molar-refractivity contribution in [3.05, 3.63) is 29.8 Å². The Morgan fingerprint density at radius 2 is 1.66 bits per heavy atom. The summed E-state index contributed by atoms with van der Waals surface area (Å²) in [5.41, 5.74) is 0.970. The molecular formula is C29H47N3O5S. The van der Waals surface area contributed by atoms with Gasteiger partial charge < -0.3 is 14.5 Å². The number of carbonyl (C=O) groups excluding carboxylic acids is 2. The minimum atomic E-state index is -3.51. The van der Waals surface area contributed by atoms with Crippen LogP contribution in [0.25, 0.3) is 0 Å². The Bertz CT molecular complexity index is 984. The molecule has 0 bridgehead atoms. The molecule has 0 N–H and O–H groups in total. The van der Waals surface area contributed by atoms with Crippen molar-refractivity contribution in [3.63, 3.8) is 0 Å². The normalized spacial score (nSPS) is 17.5. The van der Waals surface area contributed by atoms with Gasteiger partial charge in [-0.3, -0.25) is 9.59 Å². The second kappa shape index (κ2) is 14.9. The summed E-state index contributed by atoms with van der Waals surface area (Å²) in [5.74, 6) is 1.07. The molecule has 1 saturated carbocycles. The Balaban J connectivity index is 1.76. The largest absolute Gasteiger partial charge is 0.497 e. The van der Waals surface area contributed by atoms with E-state index >= 15 is 0 Å². The van der Waals surface area contributed by atoms with Gasteiger partial charge in [0.1, 0.15) is 5.75 Å². The van der Waals surface area contributed by atoms with Crippen LogP contribution in [0.15, 0.2) is 24.3 Å². The van der Waals surface area contributed by atoms with Gasteiger partial charge in [0.05, 0.1) is 19.4 Å². The highest BCUT2D eigenvalue weighted by Gasteiger charge is 2.33. The highest BCUT2D eigenvalue weighted by atomic mass is 32.2. The average molecular weight is 550 g/mol. The Kier molecular flexibility index (Phi) is 11.9. The summed E-state index contributed by atoms with van der Waals surface area (Å²) in [4.78, 5) is 30.2. The maximum Gasteiger partial charge on any atom is 0.238 e. The van der Waals surface area contributed by atoms with Crippen molar-refractivity contribution in [2.45, 2.75) is 90.6 Å². The van der Waals surface area contributed by atoms with Crippen LogP contribution in [-0.2, 0) is 26.2 Å². The number of carbonyl (C=O) groups is 2. The summed E-state index contributed by atoms with van der Waals surface area (Å²) < 4.78 is 32.8. The molecule has 1 saturated heterocycles. The molecule has 0 unspecified atom stereocenters. The maximum absolute atomic E-state index is 13.9. The van der Waals surface area contributed by atoms with Crippen molar-refractivity contribution in [3.8, 4) is 5.75 Å². The summed E-state index contributed by atoms with van der Waals surface area (Å²) in [6.45, 7) is 5.67. The number of sulfonamides is 1. The smallest absolute Gasteiger partial charge is 0.238 e. The SMILES string of the molecule is CCCCC(=O)N1CCC(N(Cc2ccc(OC)cc2)C(=O)CN(CC2CCCCC2)S(=O)(=O)CC)CC1. The Morgan fingerprint density at radius 3 is 2.24 bits per heavy atom. The third-order valence-electron chi connectivity index (χ3n) is 8.09. The molecule has 3 rings (SSSR count). The standard InChI is InChI=1S/C29H47N3O5S/c1-4-6-12-28(33)30-19-17-26(18-20-30)32(22-25-13-15-27(37-3)16-14-25)29(34)23-31(38(35,36)5-2)21-24-10-8-7-9-11-24/h13-16,24,26H,4-12,17-23H2,1-3H3. The average Bonchev–Trinajstić information content (AvgIpc) is 2.95. The summed E-state index contributed by atoms with van der Waals surface area (Å²) in [7, 11) is -1.89. The van der Waals surface area contributed by atoms with Crippen LogP contribution in [0.3, 0.4) is 0 Å². The molecule has 2 aliphatic rings. The third kappa shape index (κ3) is 8.70. The molecule has 1 aliphatic heterocycles. The summed E-state index contributed by atoms with van der Waals surface area (Å²) in [6.07, 6.45) is 9.33. The van der Waals surface area contributed by atoms with Crippen LogP contribution in [0.4, 0.5) is 0 Å². The minimum absolute atomic E-state index is 0.0102. The van der Waals surface area contributed by atoms with E-state index in [4.69, 9.17) is 4.74 Å². The van der Waals surface area contributed by atoms with Crippen LogP contribution in [0.5, 0.6) is 5.75 Å². The van der Waals surface area contributed by atoms with Gasteiger partial charge in [-0.2, -0.15) is 4.31 Å². The number of hydrogen-bond acceptors (Lipinski definition) is 5. The molecule has 8 nitrogen and oxygen atoms in total. The van der Waals surface area contributed by atoms with Gasteiger partial charge in [-0.25, -0.2) is 8.42 Å². The van der Waals surface area contributed by atoms with E-state index in [-0.39, 0.29) is 30.2 Å². The van der Waals surface area contributed by atoms with E-state index in [1.807, 2.05) is 34.1 Å². The fourth-order valence-corrected chi connectivity index (χ4v) is 6.73. The molecule has 0 spiro atoms. The molecule has 9 heteroatoms. The molecule has 2 fully saturated rings. The lowest BCUT2D eigenvalue weighted by atomic mass is 9.89. The lowest BCUT2D eigenvalue weighted by Crippen LogP contribution is -2.52. The van der Waals surface area contributed by atoms with Gasteiger partial charge >= 0.3 is 0 Å². The topological polar surface area (TPSA) is 87.2 Å². The summed E-state index contributed by atoms with van der Waals surface area (Å²) in [5, 5.41) is 0. The first-order valence-corrected chi connectivity index (χ1v) is 16.1. The number of ether oxygens (including phenoxy) is 1. The van der Waals surface area contributed by atoms with Gasteiger partial charge in [0, 0.05) is 38.6 Å². The predicted molar refractivity (Wildman–Crippen MR) is 150 cm³/mol. The van der Waals surface area contributed by atoms with Crippen molar-refractivity contribution in [1.29, 1.82) is 0 Å². The number of rotatable bonds is 13. The van der Waals surface area contributed by atoms with Crippen molar-refractivity contribution in [2.75, 3.05) is 39.0 Å². The number of amides is 2. The van der Waals surface area contributed by atoms with Gasteiger partial charge in [-0.05, 0) is 62.6 Å². The molecule has 1 aromatic rings. The molecular weight excluding hydrogens is 502 g/mol. The van der Waals surface area contributed by atoms with Crippen molar-refractivity contribution < 1.29 is 22.7 Å². The van der Waals surface area contributed by atoms with Crippen LogP contribution in [0, 0.1) is 5.92 Å². The summed E-state index contributed by atoms with van der Waals surface area (Å²) in [6, 6.07) is 7.62. The first-order chi connectivity index (χ1) is 18.3. The number of benzene rings is 1. The lowest BCUT2D eigenvalue weighted by Gasteiger charge is -2.39. The van der Waals surface area contributed by atoms with E-state index in [0.29, 0.717) is 51.4 Å². The van der Waals surface area contributed by atoms with E-state index in [9.17, 15) is 18.0 Å². The molecule has 1 aromatic carbocycles. The zero-order valence-corrected chi connectivity index (χ0v) is 24.4. The van der Waals surface area contributed by atoms with E-state index in [1.165, 1.54) is 10.7 Å². The molecule has 38 heavy (non-hydrogen) atoms. The molecule has 214 valence electrons. The lowest BCUT2D eigenvalue weighted by molar-refractivity contribution is -0.137. The Labute approximate surface area is 229 Å². The van der Waals surface area contributed by atoms with Crippen molar-refractivity contribution in [2.24, 2.45) is 5.92 Å². The number of piperidine rings is 1. The molecule has 2 amide bonds. The fourth-order valence-electron chi connectivity index (χ4n) is 5.62. The highest BCUT2D eigenvalue weighted by Crippen LogP contribution is 2.26. The van der Waals surface area contributed by atoms with Gasteiger partial charge in [-0.1, -0.05) is 44.7 Å². The van der Waals surface area contributed by atoms with E-state index < -0.39 is 10.0 Å².